The fourth-order valence-corrected chi connectivity index (χ4v) is 3.95. The molecule has 0 spiro atoms. The van der Waals surface area contributed by atoms with Gasteiger partial charge in [0.2, 0.25) is 0 Å². The Hall–Kier alpha value is -2.09. The molecule has 2 nitrogen and oxygen atoms in total. The second-order valence-corrected chi connectivity index (χ2v) is 9.59. The fraction of sp³-hybridized carbons (Fsp3) is 0.618. The summed E-state index contributed by atoms with van der Waals surface area (Å²) in [7, 11) is 0. The maximum absolute atomic E-state index is 10.5. The Bertz CT molecular complexity index is 634. The number of unbranched alkanes of at least 4 members (excludes halogenated alkanes) is 12. The van der Waals surface area contributed by atoms with Crippen molar-refractivity contribution in [2.45, 2.75) is 135 Å². The summed E-state index contributed by atoms with van der Waals surface area (Å²) in [6.45, 7) is 2.16. The lowest BCUT2D eigenvalue weighted by Gasteiger charge is -2.02. The molecule has 0 amide bonds. The second kappa shape index (κ2) is 30.9. The van der Waals surface area contributed by atoms with E-state index in [0.717, 1.165) is 51.4 Å². The monoisotopic (exact) mass is 496 g/mol. The third kappa shape index (κ3) is 31.9. The molecule has 0 unspecified atom stereocenters. The van der Waals surface area contributed by atoms with Gasteiger partial charge in [0.05, 0.1) is 0 Å². The van der Waals surface area contributed by atoms with Crippen LogP contribution in [0.1, 0.15) is 135 Å². The van der Waals surface area contributed by atoms with Crippen molar-refractivity contribution in [3.05, 3.63) is 72.9 Å². The predicted molar refractivity (Wildman–Crippen MR) is 160 cm³/mol. The average Bonchev–Trinajstić information content (AvgIpc) is 2.87. The van der Waals surface area contributed by atoms with Crippen molar-refractivity contribution < 1.29 is 9.90 Å². The molecule has 0 saturated carbocycles. The maximum atomic E-state index is 10.5. The molecule has 0 atom stereocenters. The van der Waals surface area contributed by atoms with E-state index < -0.39 is 5.97 Å². The summed E-state index contributed by atoms with van der Waals surface area (Å²) < 4.78 is 0. The Morgan fingerprint density at radius 3 is 1.11 bits per heavy atom. The standard InChI is InChI=1S/C34H56O2/c1-2-3-4-5-6-7-8-9-10-11-12-13-14-15-16-17-18-19-20-21-22-23-24-25-26-27-28-29-30-31-32-33-34(35)36/h3-4,6-7,9-10,12-13,15-16,18-19H,2,5,8,11,14,17,20-33H2,1H3,(H,35,36)/b4-3+,7-6+,10-9+,13-12+,16-15+,19-18+. The van der Waals surface area contributed by atoms with Crippen molar-refractivity contribution in [1.29, 1.82) is 0 Å². The molecule has 204 valence electrons. The van der Waals surface area contributed by atoms with E-state index in [4.69, 9.17) is 5.11 Å². The van der Waals surface area contributed by atoms with Crippen molar-refractivity contribution in [3.8, 4) is 0 Å². The van der Waals surface area contributed by atoms with Crippen LogP contribution < -0.4 is 0 Å². The van der Waals surface area contributed by atoms with Gasteiger partial charge in [0.15, 0.2) is 0 Å². The smallest absolute Gasteiger partial charge is 0.303 e. The summed E-state index contributed by atoms with van der Waals surface area (Å²) in [6, 6.07) is 0. The molecular formula is C34H56O2. The van der Waals surface area contributed by atoms with Crippen molar-refractivity contribution in [2.24, 2.45) is 0 Å². The molecule has 0 heterocycles. The van der Waals surface area contributed by atoms with Gasteiger partial charge in [-0.3, -0.25) is 4.79 Å². The van der Waals surface area contributed by atoms with Crippen LogP contribution in [0.25, 0.3) is 0 Å². The number of aliphatic carboxylic acids is 1. The van der Waals surface area contributed by atoms with E-state index in [1.54, 1.807) is 0 Å². The molecular weight excluding hydrogens is 440 g/mol. The Labute approximate surface area is 224 Å². The average molecular weight is 497 g/mol. The van der Waals surface area contributed by atoms with Gasteiger partial charge in [0, 0.05) is 6.42 Å². The summed E-state index contributed by atoms with van der Waals surface area (Å²) in [5, 5.41) is 8.61. The first-order valence-electron chi connectivity index (χ1n) is 14.9. The van der Waals surface area contributed by atoms with Gasteiger partial charge in [-0.2, -0.15) is 0 Å². The molecule has 0 aromatic heterocycles. The Morgan fingerprint density at radius 2 is 0.750 bits per heavy atom. The van der Waals surface area contributed by atoms with Crippen molar-refractivity contribution in [3.63, 3.8) is 0 Å². The van der Waals surface area contributed by atoms with Crippen LogP contribution in [0.4, 0.5) is 0 Å². The molecule has 0 aromatic rings. The zero-order valence-electron chi connectivity index (χ0n) is 23.4. The molecule has 36 heavy (non-hydrogen) atoms. The lowest BCUT2D eigenvalue weighted by Crippen LogP contribution is -1.93. The van der Waals surface area contributed by atoms with Gasteiger partial charge >= 0.3 is 5.97 Å². The number of hydrogen-bond acceptors (Lipinski definition) is 1. The van der Waals surface area contributed by atoms with Crippen LogP contribution in [0, 0.1) is 0 Å². The van der Waals surface area contributed by atoms with Crippen LogP contribution in [-0.4, -0.2) is 11.1 Å². The summed E-state index contributed by atoms with van der Waals surface area (Å²) in [6.07, 6.45) is 50.1. The minimum Gasteiger partial charge on any atom is -0.481 e. The predicted octanol–water partition coefficient (Wildman–Crippen LogP) is 11.2. The van der Waals surface area contributed by atoms with E-state index in [2.05, 4.69) is 79.8 Å². The topological polar surface area (TPSA) is 37.3 Å². The van der Waals surface area contributed by atoms with Gasteiger partial charge in [-0.15, -0.1) is 0 Å². The fourth-order valence-electron chi connectivity index (χ4n) is 3.95. The minimum absolute atomic E-state index is 0.333. The first-order chi connectivity index (χ1) is 17.8. The van der Waals surface area contributed by atoms with Crippen LogP contribution in [0.2, 0.25) is 0 Å². The molecule has 0 bridgehead atoms. The highest BCUT2D eigenvalue weighted by Gasteiger charge is 1.97. The minimum atomic E-state index is -0.660. The van der Waals surface area contributed by atoms with E-state index in [-0.39, 0.29) is 0 Å². The molecule has 1 N–H and O–H groups in total. The highest BCUT2D eigenvalue weighted by atomic mass is 16.4. The molecule has 0 rings (SSSR count). The summed E-state index contributed by atoms with van der Waals surface area (Å²) >= 11 is 0. The van der Waals surface area contributed by atoms with Gasteiger partial charge in [0.25, 0.3) is 0 Å². The van der Waals surface area contributed by atoms with Crippen LogP contribution >= 0.6 is 0 Å². The highest BCUT2D eigenvalue weighted by Crippen LogP contribution is 2.13. The van der Waals surface area contributed by atoms with E-state index >= 15 is 0 Å². The third-order valence-electron chi connectivity index (χ3n) is 6.11. The zero-order valence-corrected chi connectivity index (χ0v) is 23.4. The molecule has 0 radical (unpaired) electrons. The maximum Gasteiger partial charge on any atom is 0.303 e. The summed E-state index contributed by atoms with van der Waals surface area (Å²) in [4.78, 5) is 10.5. The SMILES string of the molecule is CC/C=C/C/C=C/C/C=C/C/C=C/C/C=C/C/C=C/CCCCCCCCCCCCCCC(=O)O. The number of carbonyl (C=O) groups is 1. The molecule has 0 aliphatic heterocycles. The van der Waals surface area contributed by atoms with Gasteiger partial charge in [-0.05, 0) is 57.8 Å². The van der Waals surface area contributed by atoms with Gasteiger partial charge in [-0.25, -0.2) is 0 Å². The normalized spacial score (nSPS) is 12.7. The van der Waals surface area contributed by atoms with E-state index in [0.29, 0.717) is 6.42 Å². The number of hydrogen-bond donors (Lipinski definition) is 1. The largest absolute Gasteiger partial charge is 0.481 e. The highest BCUT2D eigenvalue weighted by molar-refractivity contribution is 5.66. The summed E-state index contributed by atoms with van der Waals surface area (Å²) in [5.41, 5.74) is 0. The van der Waals surface area contributed by atoms with E-state index in [1.165, 1.54) is 70.6 Å². The van der Waals surface area contributed by atoms with Crippen molar-refractivity contribution >= 4 is 5.97 Å². The molecule has 0 saturated heterocycles. The molecule has 2 heteroatoms. The number of rotatable bonds is 26. The third-order valence-corrected chi connectivity index (χ3v) is 6.11. The number of allylic oxidation sites excluding steroid dienone is 12. The quantitative estimate of drug-likeness (QED) is 0.0954. The first kappa shape index (κ1) is 33.9. The molecule has 0 aliphatic carbocycles. The Balaban J connectivity index is 3.33. The first-order valence-corrected chi connectivity index (χ1v) is 14.9. The van der Waals surface area contributed by atoms with E-state index in [9.17, 15) is 4.79 Å². The molecule has 0 fully saturated rings. The lowest BCUT2D eigenvalue weighted by atomic mass is 10.0. The summed E-state index contributed by atoms with van der Waals surface area (Å²) in [5.74, 6) is -0.660. The van der Waals surface area contributed by atoms with Gasteiger partial charge in [-0.1, -0.05) is 144 Å². The Kier molecular flexibility index (Phi) is 29.1. The van der Waals surface area contributed by atoms with Crippen LogP contribution in [0.15, 0.2) is 72.9 Å². The zero-order chi connectivity index (χ0) is 26.2. The van der Waals surface area contributed by atoms with Crippen LogP contribution in [0.5, 0.6) is 0 Å². The second-order valence-electron chi connectivity index (χ2n) is 9.59. The molecule has 0 aromatic carbocycles. The van der Waals surface area contributed by atoms with Gasteiger partial charge < -0.3 is 5.11 Å². The Morgan fingerprint density at radius 1 is 0.444 bits per heavy atom. The molecule has 0 aliphatic rings. The number of carboxylic acids is 1. The van der Waals surface area contributed by atoms with E-state index in [1.807, 2.05) is 0 Å². The van der Waals surface area contributed by atoms with Crippen molar-refractivity contribution in [2.75, 3.05) is 0 Å². The van der Waals surface area contributed by atoms with Crippen molar-refractivity contribution in [1.82, 2.24) is 0 Å². The van der Waals surface area contributed by atoms with Crippen LogP contribution in [-0.2, 0) is 4.79 Å². The number of carboxylic acid groups (broad SMARTS) is 1. The lowest BCUT2D eigenvalue weighted by molar-refractivity contribution is -0.137. The van der Waals surface area contributed by atoms with Crippen LogP contribution in [0.3, 0.4) is 0 Å². The van der Waals surface area contributed by atoms with Gasteiger partial charge in [0.1, 0.15) is 0 Å².